The number of nitrogens with one attached hydrogen (secondary N) is 1. The number of unbranched alkanes of at least 4 members (excludes halogenated alkanes) is 1. The standard InChI is InChI=1S/C22H45N3O3S2Si/c1-18-15-19(17-28-31(5,6)22(2,3)4)25(16-18)21(27)10-8-7-9-20(26)24-12-14-30-29-13-11-23/h18-19H,7-17,23H2,1-6H3,(H,24,26)/t18-,19+/m1/s1. The van der Waals surface area contributed by atoms with E-state index < -0.39 is 8.32 Å². The summed E-state index contributed by atoms with van der Waals surface area (Å²) < 4.78 is 6.41. The van der Waals surface area contributed by atoms with Gasteiger partial charge in [-0.05, 0) is 43.3 Å². The summed E-state index contributed by atoms with van der Waals surface area (Å²) in [5.41, 5.74) is 5.45. The Hall–Kier alpha value is -0.223. The summed E-state index contributed by atoms with van der Waals surface area (Å²) in [6, 6.07) is 0.189. The molecule has 182 valence electrons. The third-order valence-corrected chi connectivity index (χ3v) is 13.2. The van der Waals surface area contributed by atoms with Gasteiger partial charge in [0.25, 0.3) is 0 Å². The topological polar surface area (TPSA) is 84.7 Å². The second kappa shape index (κ2) is 14.1. The fraction of sp³-hybridized carbons (Fsp3) is 0.909. The maximum absolute atomic E-state index is 12.8. The predicted molar refractivity (Wildman–Crippen MR) is 138 cm³/mol. The van der Waals surface area contributed by atoms with E-state index in [4.69, 9.17) is 10.2 Å². The molecule has 31 heavy (non-hydrogen) atoms. The molecule has 0 spiro atoms. The molecule has 1 aliphatic heterocycles. The van der Waals surface area contributed by atoms with Crippen LogP contribution in [-0.2, 0) is 14.0 Å². The maximum Gasteiger partial charge on any atom is 0.222 e. The van der Waals surface area contributed by atoms with Gasteiger partial charge in [-0.2, -0.15) is 0 Å². The summed E-state index contributed by atoms with van der Waals surface area (Å²) in [4.78, 5) is 26.8. The number of carbonyl (C=O) groups is 2. The molecule has 0 aliphatic carbocycles. The number of nitrogens with two attached hydrogens (primary N) is 1. The minimum atomic E-state index is -1.81. The van der Waals surface area contributed by atoms with Crippen LogP contribution >= 0.6 is 21.6 Å². The van der Waals surface area contributed by atoms with Crippen molar-refractivity contribution in [3.8, 4) is 0 Å². The quantitative estimate of drug-likeness (QED) is 0.214. The van der Waals surface area contributed by atoms with Gasteiger partial charge in [-0.1, -0.05) is 49.3 Å². The Morgan fingerprint density at radius 2 is 1.81 bits per heavy atom. The van der Waals surface area contributed by atoms with E-state index in [1.54, 1.807) is 21.6 Å². The molecule has 1 fully saturated rings. The van der Waals surface area contributed by atoms with E-state index in [-0.39, 0.29) is 22.9 Å². The third kappa shape index (κ3) is 11.0. The Bertz CT molecular complexity index is 559. The van der Waals surface area contributed by atoms with Crippen LogP contribution in [0.1, 0.15) is 59.8 Å². The summed E-state index contributed by atoms with van der Waals surface area (Å²) >= 11 is 0. The first-order chi connectivity index (χ1) is 14.5. The first-order valence-corrected chi connectivity index (χ1v) is 17.0. The Balaban J connectivity index is 2.29. The zero-order chi connectivity index (χ0) is 23.5. The lowest BCUT2D eigenvalue weighted by Crippen LogP contribution is -2.45. The lowest BCUT2D eigenvalue weighted by molar-refractivity contribution is -0.133. The number of hydrogen-bond acceptors (Lipinski definition) is 6. The van der Waals surface area contributed by atoms with Crippen molar-refractivity contribution in [2.75, 3.05) is 37.7 Å². The van der Waals surface area contributed by atoms with Crippen LogP contribution in [0.4, 0.5) is 0 Å². The number of nitrogens with zero attached hydrogens (tertiary/aromatic N) is 1. The van der Waals surface area contributed by atoms with Crippen LogP contribution in [0.25, 0.3) is 0 Å². The monoisotopic (exact) mass is 491 g/mol. The summed E-state index contributed by atoms with van der Waals surface area (Å²) in [7, 11) is 1.66. The highest BCUT2D eigenvalue weighted by Gasteiger charge is 2.40. The van der Waals surface area contributed by atoms with Crippen molar-refractivity contribution in [3.63, 3.8) is 0 Å². The summed E-state index contributed by atoms with van der Waals surface area (Å²) in [6.45, 7) is 16.3. The molecule has 0 unspecified atom stereocenters. The van der Waals surface area contributed by atoms with Crippen molar-refractivity contribution < 1.29 is 14.0 Å². The highest BCUT2D eigenvalue weighted by Crippen LogP contribution is 2.37. The first kappa shape index (κ1) is 28.8. The minimum absolute atomic E-state index is 0.0762. The summed E-state index contributed by atoms with van der Waals surface area (Å²) in [6.07, 6.45) is 3.53. The smallest absolute Gasteiger partial charge is 0.222 e. The Morgan fingerprint density at radius 1 is 1.16 bits per heavy atom. The lowest BCUT2D eigenvalue weighted by atomic mass is 10.1. The largest absolute Gasteiger partial charge is 0.415 e. The molecule has 2 amide bonds. The summed E-state index contributed by atoms with van der Waals surface area (Å²) in [5, 5.41) is 3.12. The molecule has 1 heterocycles. The van der Waals surface area contributed by atoms with Crippen LogP contribution in [0.2, 0.25) is 18.1 Å². The van der Waals surface area contributed by atoms with Crippen molar-refractivity contribution in [2.45, 2.75) is 84.0 Å². The highest BCUT2D eigenvalue weighted by atomic mass is 33.1. The predicted octanol–water partition coefficient (Wildman–Crippen LogP) is 4.26. The minimum Gasteiger partial charge on any atom is -0.415 e. The molecule has 0 saturated carbocycles. The van der Waals surface area contributed by atoms with E-state index in [1.165, 1.54) is 0 Å². The molecule has 1 saturated heterocycles. The van der Waals surface area contributed by atoms with Gasteiger partial charge in [0, 0.05) is 44.0 Å². The van der Waals surface area contributed by atoms with E-state index in [0.717, 1.165) is 37.3 Å². The fourth-order valence-corrected chi connectivity index (χ4v) is 6.13. The molecule has 6 nitrogen and oxygen atoms in total. The molecule has 9 heteroatoms. The number of likely N-dealkylation sites (tertiary alicyclic amines) is 1. The number of amides is 2. The van der Waals surface area contributed by atoms with Crippen molar-refractivity contribution >= 4 is 41.7 Å². The zero-order valence-corrected chi connectivity index (χ0v) is 23.1. The van der Waals surface area contributed by atoms with Crippen LogP contribution in [-0.4, -0.2) is 68.8 Å². The number of hydrogen-bond donors (Lipinski definition) is 2. The molecule has 0 aromatic carbocycles. The molecule has 0 bridgehead atoms. The average molecular weight is 492 g/mol. The molecule has 1 rings (SSSR count). The Labute approximate surface area is 199 Å². The van der Waals surface area contributed by atoms with Crippen molar-refractivity contribution in [1.29, 1.82) is 0 Å². The van der Waals surface area contributed by atoms with Gasteiger partial charge in [-0.25, -0.2) is 0 Å². The highest BCUT2D eigenvalue weighted by molar-refractivity contribution is 8.76. The van der Waals surface area contributed by atoms with E-state index in [2.05, 4.69) is 46.1 Å². The van der Waals surface area contributed by atoms with Gasteiger partial charge in [0.15, 0.2) is 8.32 Å². The van der Waals surface area contributed by atoms with Gasteiger partial charge in [0.1, 0.15) is 0 Å². The molecule has 3 N–H and O–H groups in total. The molecule has 0 aromatic heterocycles. The zero-order valence-electron chi connectivity index (χ0n) is 20.5. The second-order valence-corrected chi connectivity index (χ2v) is 17.6. The molecular weight excluding hydrogens is 446 g/mol. The summed E-state index contributed by atoms with van der Waals surface area (Å²) in [5.74, 6) is 2.63. The molecule has 0 radical (unpaired) electrons. The van der Waals surface area contributed by atoms with E-state index in [9.17, 15) is 9.59 Å². The Morgan fingerprint density at radius 3 is 2.45 bits per heavy atom. The molecule has 1 aliphatic rings. The maximum atomic E-state index is 12.8. The van der Waals surface area contributed by atoms with Gasteiger partial charge >= 0.3 is 0 Å². The van der Waals surface area contributed by atoms with Crippen LogP contribution in [0, 0.1) is 5.92 Å². The van der Waals surface area contributed by atoms with Crippen molar-refractivity contribution in [1.82, 2.24) is 10.2 Å². The van der Waals surface area contributed by atoms with Crippen LogP contribution in [0.15, 0.2) is 0 Å². The van der Waals surface area contributed by atoms with Crippen molar-refractivity contribution in [3.05, 3.63) is 0 Å². The van der Waals surface area contributed by atoms with Gasteiger partial charge < -0.3 is 20.4 Å². The third-order valence-electron chi connectivity index (χ3n) is 6.22. The number of rotatable bonds is 14. The normalized spacial score (nSPS) is 19.6. The van der Waals surface area contributed by atoms with Crippen molar-refractivity contribution in [2.24, 2.45) is 11.7 Å². The first-order valence-electron chi connectivity index (χ1n) is 11.6. The van der Waals surface area contributed by atoms with Crippen LogP contribution in [0.3, 0.4) is 0 Å². The second-order valence-electron chi connectivity index (χ2n) is 10.1. The van der Waals surface area contributed by atoms with Gasteiger partial charge in [-0.3, -0.25) is 9.59 Å². The molecule has 2 atom stereocenters. The van der Waals surface area contributed by atoms with E-state index in [0.29, 0.717) is 38.5 Å². The van der Waals surface area contributed by atoms with Gasteiger partial charge in [0.05, 0.1) is 12.6 Å². The fourth-order valence-electron chi connectivity index (χ4n) is 3.33. The van der Waals surface area contributed by atoms with Gasteiger partial charge in [-0.15, -0.1) is 0 Å². The number of carbonyl (C=O) groups excluding carboxylic acids is 2. The molecular formula is C22H45N3O3S2Si. The lowest BCUT2D eigenvalue weighted by Gasteiger charge is -2.38. The van der Waals surface area contributed by atoms with Crippen LogP contribution in [0.5, 0.6) is 0 Å². The SMILES string of the molecule is C[C@@H]1C[C@@H](CO[Si](C)(C)C(C)(C)C)N(C(=O)CCCCC(=O)NCCSSCCN)C1. The van der Waals surface area contributed by atoms with E-state index in [1.807, 2.05) is 4.90 Å². The average Bonchev–Trinajstić information content (AvgIpc) is 3.06. The molecule has 0 aromatic rings. The van der Waals surface area contributed by atoms with E-state index >= 15 is 0 Å². The van der Waals surface area contributed by atoms with Gasteiger partial charge in [0.2, 0.25) is 11.8 Å². The van der Waals surface area contributed by atoms with Crippen LogP contribution < -0.4 is 11.1 Å². The Kier molecular flexibility index (Phi) is 13.1.